The van der Waals surface area contributed by atoms with Crippen molar-refractivity contribution in [3.05, 3.63) is 12.2 Å². The summed E-state index contributed by atoms with van der Waals surface area (Å²) in [5, 5.41) is 7.00. The molecule has 3 heteroatoms. The topological polar surface area (TPSA) is 35.8 Å². The maximum atomic E-state index is 7.00. The minimum Gasteiger partial charge on any atom is -0.400 e. The molecule has 1 aliphatic heterocycles. The van der Waals surface area contributed by atoms with Gasteiger partial charge in [-0.3, -0.25) is 4.99 Å². The minimum atomic E-state index is 0.836. The zero-order chi connectivity index (χ0) is 14.5. The number of rotatable bonds is 1. The van der Waals surface area contributed by atoms with Crippen LogP contribution in [0.3, 0.4) is 0 Å². The highest BCUT2D eigenvalue weighted by molar-refractivity contribution is 5.56. The minimum absolute atomic E-state index is 0.836. The Kier molecular flexibility index (Phi) is 10.5. The Bertz CT molecular complexity index is 224. The summed E-state index contributed by atoms with van der Waals surface area (Å²) in [6.07, 6.45) is 18.7. The van der Waals surface area contributed by atoms with E-state index in [4.69, 9.17) is 5.11 Å². The van der Waals surface area contributed by atoms with Crippen LogP contribution in [0.15, 0.2) is 17.1 Å². The third-order valence-electron chi connectivity index (χ3n) is 4.14. The molecule has 2 rings (SSSR count). The first-order valence-corrected chi connectivity index (χ1v) is 8.29. The Morgan fingerprint density at radius 3 is 2.25 bits per heavy atom. The summed E-state index contributed by atoms with van der Waals surface area (Å²) in [6, 6.07) is 0.836. The van der Waals surface area contributed by atoms with Crippen molar-refractivity contribution in [3.63, 3.8) is 0 Å². The number of aliphatic hydroxyl groups excluding tert-OH is 1. The molecule has 1 aliphatic carbocycles. The van der Waals surface area contributed by atoms with Crippen LogP contribution in [0.25, 0.3) is 0 Å². The molecule has 0 bridgehead atoms. The molecule has 116 valence electrons. The molecule has 0 amide bonds. The normalized spacial score (nSPS) is 23.3. The molecule has 0 aromatic carbocycles. The molecule has 0 atom stereocenters. The van der Waals surface area contributed by atoms with E-state index < -0.39 is 0 Å². The van der Waals surface area contributed by atoms with E-state index >= 15 is 0 Å². The first-order valence-electron chi connectivity index (χ1n) is 8.29. The molecule has 2 aliphatic rings. The summed E-state index contributed by atoms with van der Waals surface area (Å²) in [7, 11) is 1.00. The highest BCUT2D eigenvalue weighted by atomic mass is 16.2. The number of hydrogen-bond donors (Lipinski definition) is 1. The standard InChI is InChI=1S/C16H28N2.CH4O/c1-2-4-6-11-16(10-5-3-1)18-14-8-7-12-17-13-9-15-18;1-2/h1-2,12,16H,3-11,13-15H2;2H,1H3. The van der Waals surface area contributed by atoms with Crippen molar-refractivity contribution >= 4 is 6.21 Å². The van der Waals surface area contributed by atoms with E-state index in [-0.39, 0.29) is 0 Å². The smallest absolute Gasteiger partial charge is 0.0397 e. The molecule has 1 heterocycles. The number of aliphatic imine (C=N–C) groups is 1. The maximum absolute atomic E-state index is 7.00. The van der Waals surface area contributed by atoms with E-state index in [1.807, 2.05) is 0 Å². The van der Waals surface area contributed by atoms with Crippen LogP contribution in [0.2, 0.25) is 0 Å². The second kappa shape index (κ2) is 12.1. The number of hydrogen-bond acceptors (Lipinski definition) is 3. The van der Waals surface area contributed by atoms with E-state index in [9.17, 15) is 0 Å². The van der Waals surface area contributed by atoms with Crippen molar-refractivity contribution in [1.29, 1.82) is 0 Å². The predicted octanol–water partition coefficient (Wildman–Crippen LogP) is 3.43. The van der Waals surface area contributed by atoms with E-state index in [1.165, 1.54) is 70.9 Å². The van der Waals surface area contributed by atoms with Gasteiger partial charge in [0.1, 0.15) is 0 Å². The third kappa shape index (κ3) is 7.20. The largest absolute Gasteiger partial charge is 0.400 e. The lowest BCUT2D eigenvalue weighted by Crippen LogP contribution is -2.37. The molecule has 0 fully saturated rings. The van der Waals surface area contributed by atoms with Crippen molar-refractivity contribution < 1.29 is 5.11 Å². The van der Waals surface area contributed by atoms with Gasteiger partial charge < -0.3 is 10.0 Å². The van der Waals surface area contributed by atoms with Crippen molar-refractivity contribution in [2.45, 2.75) is 63.8 Å². The van der Waals surface area contributed by atoms with Crippen LogP contribution in [-0.4, -0.2) is 49.0 Å². The van der Waals surface area contributed by atoms with Crippen LogP contribution in [0, 0.1) is 0 Å². The summed E-state index contributed by atoms with van der Waals surface area (Å²) in [6.45, 7) is 3.57. The van der Waals surface area contributed by atoms with Gasteiger partial charge in [0.25, 0.3) is 0 Å². The Hall–Kier alpha value is -0.670. The molecule has 3 nitrogen and oxygen atoms in total. The molecule has 0 spiro atoms. The van der Waals surface area contributed by atoms with Crippen LogP contribution in [0.5, 0.6) is 0 Å². The molecule has 20 heavy (non-hydrogen) atoms. The molecule has 0 aromatic rings. The van der Waals surface area contributed by atoms with Gasteiger partial charge in [-0.15, -0.1) is 0 Å². The van der Waals surface area contributed by atoms with Crippen molar-refractivity contribution in [2.24, 2.45) is 4.99 Å². The molecular formula is C17H32N2O. The van der Waals surface area contributed by atoms with Gasteiger partial charge in [-0.05, 0) is 70.5 Å². The average molecular weight is 280 g/mol. The highest BCUT2D eigenvalue weighted by Gasteiger charge is 2.17. The highest BCUT2D eigenvalue weighted by Crippen LogP contribution is 2.19. The zero-order valence-electron chi connectivity index (χ0n) is 13.1. The van der Waals surface area contributed by atoms with Crippen molar-refractivity contribution in [1.82, 2.24) is 4.90 Å². The summed E-state index contributed by atoms with van der Waals surface area (Å²) < 4.78 is 0. The molecule has 0 saturated carbocycles. The Labute approximate surface area is 124 Å². The fourth-order valence-electron chi connectivity index (χ4n) is 3.10. The summed E-state index contributed by atoms with van der Waals surface area (Å²) >= 11 is 0. The van der Waals surface area contributed by atoms with Gasteiger partial charge in [0.05, 0.1) is 0 Å². The summed E-state index contributed by atoms with van der Waals surface area (Å²) in [4.78, 5) is 7.22. The van der Waals surface area contributed by atoms with Crippen LogP contribution in [0.4, 0.5) is 0 Å². The quantitative estimate of drug-likeness (QED) is 0.747. The van der Waals surface area contributed by atoms with Gasteiger partial charge in [-0.1, -0.05) is 12.2 Å². The van der Waals surface area contributed by atoms with E-state index in [1.54, 1.807) is 0 Å². The number of aliphatic hydroxyl groups is 1. The summed E-state index contributed by atoms with van der Waals surface area (Å²) in [5.74, 6) is 0. The molecular weight excluding hydrogens is 248 g/mol. The first-order chi connectivity index (χ1) is 9.97. The van der Waals surface area contributed by atoms with E-state index in [0.717, 1.165) is 19.7 Å². The van der Waals surface area contributed by atoms with Gasteiger partial charge in [0, 0.05) is 26.2 Å². The second-order valence-corrected chi connectivity index (χ2v) is 5.61. The van der Waals surface area contributed by atoms with Crippen LogP contribution < -0.4 is 0 Å². The first kappa shape index (κ1) is 17.4. The fourth-order valence-corrected chi connectivity index (χ4v) is 3.10. The third-order valence-corrected chi connectivity index (χ3v) is 4.14. The lowest BCUT2D eigenvalue weighted by Gasteiger charge is -2.31. The van der Waals surface area contributed by atoms with E-state index in [2.05, 4.69) is 28.3 Å². The predicted molar refractivity (Wildman–Crippen MR) is 87.6 cm³/mol. The molecule has 1 N–H and O–H groups in total. The molecule has 0 saturated heterocycles. The van der Waals surface area contributed by atoms with Gasteiger partial charge >= 0.3 is 0 Å². The van der Waals surface area contributed by atoms with Crippen molar-refractivity contribution in [2.75, 3.05) is 26.7 Å². The lowest BCUT2D eigenvalue weighted by atomic mass is 10.0. The average Bonchev–Trinajstić information content (AvgIpc) is 2.72. The fraction of sp³-hybridized carbons (Fsp3) is 0.824. The van der Waals surface area contributed by atoms with Gasteiger partial charge in [0.15, 0.2) is 0 Å². The second-order valence-electron chi connectivity index (χ2n) is 5.61. The zero-order valence-corrected chi connectivity index (χ0v) is 13.1. The molecule has 0 radical (unpaired) electrons. The molecule has 0 unspecified atom stereocenters. The van der Waals surface area contributed by atoms with Gasteiger partial charge in [-0.25, -0.2) is 0 Å². The van der Waals surface area contributed by atoms with Crippen LogP contribution >= 0.6 is 0 Å². The SMILES string of the molecule is C1=CCCCC(N2CCCC=NCCC2)CCC1.CO. The number of nitrogens with zero attached hydrogens (tertiary/aromatic N) is 2. The van der Waals surface area contributed by atoms with Crippen LogP contribution in [0.1, 0.15) is 57.8 Å². The Morgan fingerprint density at radius 2 is 1.55 bits per heavy atom. The van der Waals surface area contributed by atoms with Crippen LogP contribution in [-0.2, 0) is 0 Å². The maximum Gasteiger partial charge on any atom is 0.0397 e. The molecule has 0 aromatic heterocycles. The monoisotopic (exact) mass is 280 g/mol. The number of allylic oxidation sites excluding steroid dienone is 2. The van der Waals surface area contributed by atoms with E-state index in [0.29, 0.717) is 0 Å². The Morgan fingerprint density at radius 1 is 0.900 bits per heavy atom. The van der Waals surface area contributed by atoms with Gasteiger partial charge in [-0.2, -0.15) is 0 Å². The summed E-state index contributed by atoms with van der Waals surface area (Å²) in [5.41, 5.74) is 0. The lowest BCUT2D eigenvalue weighted by molar-refractivity contribution is 0.172. The Balaban J connectivity index is 0.000000956. The van der Waals surface area contributed by atoms with Crippen molar-refractivity contribution in [3.8, 4) is 0 Å². The van der Waals surface area contributed by atoms with Gasteiger partial charge in [0.2, 0.25) is 0 Å².